The zero-order valence-electron chi connectivity index (χ0n) is 11.5. The minimum atomic E-state index is -0.321. The van der Waals surface area contributed by atoms with E-state index in [0.29, 0.717) is 12.5 Å². The average molecular weight is 247 g/mol. The summed E-state index contributed by atoms with van der Waals surface area (Å²) < 4.78 is 7.52. The van der Waals surface area contributed by atoms with E-state index in [1.165, 1.54) is 16.5 Å². The van der Waals surface area contributed by atoms with Gasteiger partial charge in [0, 0.05) is 30.1 Å². The van der Waals surface area contributed by atoms with Crippen LogP contribution in [0.2, 0.25) is 0 Å². The highest BCUT2D eigenvalue weighted by Gasteiger charge is 2.12. The van der Waals surface area contributed by atoms with Crippen LogP contribution in [0.25, 0.3) is 10.9 Å². The number of rotatable bonds is 4. The van der Waals surface area contributed by atoms with E-state index in [4.69, 9.17) is 4.74 Å². The van der Waals surface area contributed by atoms with E-state index >= 15 is 0 Å². The zero-order chi connectivity index (χ0) is 13.3. The van der Waals surface area contributed by atoms with Crippen LogP contribution in [0.5, 0.6) is 5.75 Å². The van der Waals surface area contributed by atoms with E-state index in [9.17, 15) is 5.11 Å². The number of hydrogen-bond acceptors (Lipinski definition) is 2. The van der Waals surface area contributed by atoms with Crippen LogP contribution in [-0.2, 0) is 6.42 Å². The molecule has 3 heteroatoms. The minimum absolute atomic E-state index is 0.321. The molecule has 1 heterocycles. The van der Waals surface area contributed by atoms with Crippen molar-refractivity contribution < 1.29 is 9.84 Å². The number of methoxy groups -OCH3 is 1. The number of aliphatic hydroxyl groups excluding tert-OH is 1. The smallest absolute Gasteiger partial charge is 0.120 e. The summed E-state index contributed by atoms with van der Waals surface area (Å²) in [6.07, 6.45) is 2.50. The first kappa shape index (κ1) is 13.0. The lowest BCUT2D eigenvalue weighted by molar-refractivity contribution is 0.196. The number of nitrogens with zero attached hydrogens (tertiary/aromatic N) is 1. The van der Waals surface area contributed by atoms with Gasteiger partial charge < -0.3 is 14.4 Å². The van der Waals surface area contributed by atoms with Crippen LogP contribution in [0.1, 0.15) is 32.4 Å². The van der Waals surface area contributed by atoms with Gasteiger partial charge in [-0.2, -0.15) is 0 Å². The van der Waals surface area contributed by atoms with Gasteiger partial charge in [-0.15, -0.1) is 0 Å². The van der Waals surface area contributed by atoms with Gasteiger partial charge in [0.2, 0.25) is 0 Å². The molecular formula is C15H21NO2. The van der Waals surface area contributed by atoms with Crippen molar-refractivity contribution in [2.45, 2.75) is 39.3 Å². The average Bonchev–Trinajstić information content (AvgIpc) is 2.66. The number of hydrogen-bond donors (Lipinski definition) is 1. The summed E-state index contributed by atoms with van der Waals surface area (Å²) in [4.78, 5) is 0. The van der Waals surface area contributed by atoms with Crippen LogP contribution in [0, 0.1) is 0 Å². The Kier molecular flexibility index (Phi) is 3.62. The second-order valence-electron chi connectivity index (χ2n) is 5.09. The topological polar surface area (TPSA) is 34.4 Å². The van der Waals surface area contributed by atoms with Crippen LogP contribution in [0.3, 0.4) is 0 Å². The van der Waals surface area contributed by atoms with E-state index in [1.807, 2.05) is 13.0 Å². The summed E-state index contributed by atoms with van der Waals surface area (Å²) in [5, 5.41) is 10.8. The summed E-state index contributed by atoms with van der Waals surface area (Å²) in [5.41, 5.74) is 2.36. The Morgan fingerprint density at radius 1 is 1.28 bits per heavy atom. The van der Waals surface area contributed by atoms with Crippen molar-refractivity contribution in [3.05, 3.63) is 30.0 Å². The first-order chi connectivity index (χ1) is 8.52. The molecule has 1 atom stereocenters. The van der Waals surface area contributed by atoms with Gasteiger partial charge in [0.1, 0.15) is 5.75 Å². The summed E-state index contributed by atoms with van der Waals surface area (Å²) in [6.45, 7) is 6.14. The van der Waals surface area contributed by atoms with Gasteiger partial charge in [0.25, 0.3) is 0 Å². The third-order valence-electron chi connectivity index (χ3n) is 3.20. The fraction of sp³-hybridized carbons (Fsp3) is 0.467. The largest absolute Gasteiger partial charge is 0.497 e. The third-order valence-corrected chi connectivity index (χ3v) is 3.20. The Morgan fingerprint density at radius 2 is 2.00 bits per heavy atom. The normalized spacial score (nSPS) is 13.2. The number of aliphatic hydroxyl groups is 1. The molecule has 0 fully saturated rings. The Morgan fingerprint density at radius 3 is 2.56 bits per heavy atom. The van der Waals surface area contributed by atoms with E-state index in [-0.39, 0.29) is 6.10 Å². The van der Waals surface area contributed by atoms with Gasteiger partial charge in [-0.25, -0.2) is 0 Å². The minimum Gasteiger partial charge on any atom is -0.497 e. The molecular weight excluding hydrogens is 226 g/mol. The molecule has 98 valence electrons. The van der Waals surface area contributed by atoms with Gasteiger partial charge in [-0.05, 0) is 38.5 Å². The number of fused-ring (bicyclic) bond motifs is 1. The standard InChI is InChI=1S/C15H21NO2/c1-10(2)16-9-12(7-11(3)17)14-6-5-13(18-4)8-15(14)16/h5-6,8-11,17H,7H2,1-4H3. The highest BCUT2D eigenvalue weighted by Crippen LogP contribution is 2.29. The van der Waals surface area contributed by atoms with Gasteiger partial charge >= 0.3 is 0 Å². The predicted molar refractivity (Wildman–Crippen MR) is 74.3 cm³/mol. The Hall–Kier alpha value is -1.48. The van der Waals surface area contributed by atoms with Crippen LogP contribution in [0.15, 0.2) is 24.4 Å². The first-order valence-electron chi connectivity index (χ1n) is 6.38. The van der Waals surface area contributed by atoms with Gasteiger partial charge in [0.15, 0.2) is 0 Å². The lowest BCUT2D eigenvalue weighted by Gasteiger charge is -2.09. The molecule has 0 amide bonds. The molecule has 18 heavy (non-hydrogen) atoms. The molecule has 1 unspecified atom stereocenters. The van der Waals surface area contributed by atoms with E-state index in [0.717, 1.165) is 5.75 Å². The van der Waals surface area contributed by atoms with E-state index in [1.54, 1.807) is 7.11 Å². The maximum absolute atomic E-state index is 9.58. The molecule has 1 aromatic carbocycles. The summed E-state index contributed by atoms with van der Waals surface area (Å²) in [5.74, 6) is 0.867. The Balaban J connectivity index is 2.60. The fourth-order valence-electron chi connectivity index (χ4n) is 2.34. The molecule has 0 aliphatic carbocycles. The predicted octanol–water partition coefficient (Wildman–Crippen LogP) is 3.15. The molecule has 0 aliphatic rings. The summed E-state index contributed by atoms with van der Waals surface area (Å²) in [6, 6.07) is 6.49. The Bertz CT molecular complexity index is 541. The highest BCUT2D eigenvalue weighted by molar-refractivity contribution is 5.85. The zero-order valence-corrected chi connectivity index (χ0v) is 11.5. The highest BCUT2D eigenvalue weighted by atomic mass is 16.5. The van der Waals surface area contributed by atoms with Gasteiger partial charge in [-0.3, -0.25) is 0 Å². The van der Waals surface area contributed by atoms with Crippen molar-refractivity contribution in [3.8, 4) is 5.75 Å². The van der Waals surface area contributed by atoms with Gasteiger partial charge in [-0.1, -0.05) is 0 Å². The van der Waals surface area contributed by atoms with E-state index < -0.39 is 0 Å². The quantitative estimate of drug-likeness (QED) is 0.900. The maximum atomic E-state index is 9.58. The van der Waals surface area contributed by atoms with Crippen molar-refractivity contribution in [2.75, 3.05) is 7.11 Å². The molecule has 0 spiro atoms. The van der Waals surface area contributed by atoms with Crippen molar-refractivity contribution in [1.29, 1.82) is 0 Å². The first-order valence-corrected chi connectivity index (χ1v) is 6.38. The molecule has 0 saturated carbocycles. The lowest BCUT2D eigenvalue weighted by atomic mass is 10.1. The fourth-order valence-corrected chi connectivity index (χ4v) is 2.34. The van der Waals surface area contributed by atoms with Crippen molar-refractivity contribution >= 4 is 10.9 Å². The van der Waals surface area contributed by atoms with Crippen molar-refractivity contribution in [2.24, 2.45) is 0 Å². The van der Waals surface area contributed by atoms with Crippen LogP contribution in [-0.4, -0.2) is 22.9 Å². The second-order valence-corrected chi connectivity index (χ2v) is 5.09. The van der Waals surface area contributed by atoms with Crippen molar-refractivity contribution in [3.63, 3.8) is 0 Å². The molecule has 0 saturated heterocycles. The molecule has 0 aliphatic heterocycles. The molecule has 1 aromatic heterocycles. The summed E-state index contributed by atoms with van der Waals surface area (Å²) in [7, 11) is 1.68. The molecule has 3 nitrogen and oxygen atoms in total. The number of aromatic nitrogens is 1. The molecule has 0 bridgehead atoms. The van der Waals surface area contributed by atoms with Crippen LogP contribution < -0.4 is 4.74 Å². The van der Waals surface area contributed by atoms with Crippen LogP contribution >= 0.6 is 0 Å². The van der Waals surface area contributed by atoms with Gasteiger partial charge in [0.05, 0.1) is 18.7 Å². The van der Waals surface area contributed by atoms with E-state index in [2.05, 4.69) is 36.7 Å². The third kappa shape index (κ3) is 2.36. The van der Waals surface area contributed by atoms with Crippen LogP contribution in [0.4, 0.5) is 0 Å². The Labute approximate surface area is 108 Å². The maximum Gasteiger partial charge on any atom is 0.120 e. The number of ether oxygens (including phenoxy) is 1. The molecule has 1 N–H and O–H groups in total. The molecule has 0 radical (unpaired) electrons. The second kappa shape index (κ2) is 5.02. The monoisotopic (exact) mass is 247 g/mol. The molecule has 2 rings (SSSR count). The summed E-state index contributed by atoms with van der Waals surface area (Å²) >= 11 is 0. The SMILES string of the molecule is COc1ccc2c(CC(C)O)cn(C(C)C)c2c1. The molecule has 2 aromatic rings. The lowest BCUT2D eigenvalue weighted by Crippen LogP contribution is -2.03. The van der Waals surface area contributed by atoms with Crippen molar-refractivity contribution in [1.82, 2.24) is 4.57 Å². The number of benzene rings is 1.